The van der Waals surface area contributed by atoms with Gasteiger partial charge in [-0.25, -0.2) is 4.79 Å². The predicted octanol–water partition coefficient (Wildman–Crippen LogP) is 2.40. The molecule has 2 rings (SSSR count). The highest BCUT2D eigenvalue weighted by molar-refractivity contribution is 5.93. The van der Waals surface area contributed by atoms with Gasteiger partial charge in [0.25, 0.3) is 0 Å². The molecular weight excluding hydrogens is 230 g/mol. The average molecular weight is 249 g/mol. The molecule has 0 N–H and O–H groups in total. The monoisotopic (exact) mass is 249 g/mol. The summed E-state index contributed by atoms with van der Waals surface area (Å²) in [5, 5.41) is 3.99. The van der Waals surface area contributed by atoms with Crippen LogP contribution in [0.25, 0.3) is 0 Å². The molecule has 0 spiro atoms. The number of hydrogen-bond acceptors (Lipinski definition) is 3. The first-order valence-corrected chi connectivity index (χ1v) is 6.08. The van der Waals surface area contributed by atoms with Gasteiger partial charge in [-0.1, -0.05) is 32.0 Å². The predicted molar refractivity (Wildman–Crippen MR) is 69.7 cm³/mol. The van der Waals surface area contributed by atoms with E-state index in [-0.39, 0.29) is 11.4 Å². The molecule has 1 saturated heterocycles. The van der Waals surface area contributed by atoms with E-state index in [0.717, 1.165) is 5.76 Å². The average Bonchev–Trinajstić information content (AvgIpc) is 2.86. The summed E-state index contributed by atoms with van der Waals surface area (Å²) in [7, 11) is 0. The van der Waals surface area contributed by atoms with Crippen LogP contribution in [0.15, 0.2) is 23.2 Å². The van der Waals surface area contributed by atoms with Gasteiger partial charge in [0.2, 0.25) is 0 Å². The van der Waals surface area contributed by atoms with E-state index in [0.29, 0.717) is 25.5 Å². The van der Waals surface area contributed by atoms with Crippen molar-refractivity contribution in [1.29, 1.82) is 0 Å². The molecule has 0 unspecified atom stereocenters. The SMILES string of the molecule is C=CCN1CCN(c2cc(C(C)(C)C)on2)C1=O. The van der Waals surface area contributed by atoms with Gasteiger partial charge in [0, 0.05) is 31.1 Å². The Morgan fingerprint density at radius 2 is 2.22 bits per heavy atom. The Labute approximate surface area is 107 Å². The highest BCUT2D eigenvalue weighted by Crippen LogP contribution is 2.27. The summed E-state index contributed by atoms with van der Waals surface area (Å²) in [6.45, 7) is 11.7. The van der Waals surface area contributed by atoms with Crippen LogP contribution in [0.5, 0.6) is 0 Å². The fourth-order valence-corrected chi connectivity index (χ4v) is 1.87. The van der Waals surface area contributed by atoms with Crippen molar-refractivity contribution in [3.63, 3.8) is 0 Å². The van der Waals surface area contributed by atoms with Crippen LogP contribution in [-0.2, 0) is 5.41 Å². The second kappa shape index (κ2) is 4.48. The second-order valence-corrected chi connectivity index (χ2v) is 5.47. The topological polar surface area (TPSA) is 49.6 Å². The second-order valence-electron chi connectivity index (χ2n) is 5.47. The van der Waals surface area contributed by atoms with E-state index in [9.17, 15) is 4.79 Å². The van der Waals surface area contributed by atoms with E-state index in [1.54, 1.807) is 15.9 Å². The van der Waals surface area contributed by atoms with E-state index in [1.165, 1.54) is 0 Å². The van der Waals surface area contributed by atoms with E-state index in [4.69, 9.17) is 4.52 Å². The van der Waals surface area contributed by atoms with Crippen molar-refractivity contribution in [2.24, 2.45) is 0 Å². The summed E-state index contributed by atoms with van der Waals surface area (Å²) < 4.78 is 5.30. The third kappa shape index (κ3) is 2.25. The lowest BCUT2D eigenvalue weighted by Gasteiger charge is -2.15. The number of urea groups is 1. The minimum Gasteiger partial charge on any atom is -0.359 e. The molecule has 0 radical (unpaired) electrons. The molecule has 18 heavy (non-hydrogen) atoms. The van der Waals surface area contributed by atoms with Crippen LogP contribution >= 0.6 is 0 Å². The molecule has 0 aliphatic carbocycles. The summed E-state index contributed by atoms with van der Waals surface area (Å²) >= 11 is 0. The fraction of sp³-hybridized carbons (Fsp3) is 0.538. The van der Waals surface area contributed by atoms with Crippen molar-refractivity contribution >= 4 is 11.8 Å². The standard InChI is InChI=1S/C13H19N3O2/c1-5-6-15-7-8-16(12(15)17)11-9-10(18-14-11)13(2,3)4/h5,9H,1,6-8H2,2-4H3. The van der Waals surface area contributed by atoms with Gasteiger partial charge in [0.1, 0.15) is 5.76 Å². The summed E-state index contributed by atoms with van der Waals surface area (Å²) in [5.41, 5.74) is -0.102. The lowest BCUT2D eigenvalue weighted by molar-refractivity contribution is 0.225. The van der Waals surface area contributed by atoms with E-state index < -0.39 is 0 Å². The van der Waals surface area contributed by atoms with Crippen LogP contribution in [0.2, 0.25) is 0 Å². The number of carbonyl (C=O) groups excluding carboxylic acids is 1. The van der Waals surface area contributed by atoms with Crippen LogP contribution in [0.3, 0.4) is 0 Å². The minimum atomic E-state index is -0.102. The minimum absolute atomic E-state index is 0.0383. The largest absolute Gasteiger partial charge is 0.359 e. The van der Waals surface area contributed by atoms with Crippen molar-refractivity contribution < 1.29 is 9.32 Å². The Morgan fingerprint density at radius 3 is 2.78 bits per heavy atom. The van der Waals surface area contributed by atoms with Crippen molar-refractivity contribution in [2.75, 3.05) is 24.5 Å². The van der Waals surface area contributed by atoms with E-state index >= 15 is 0 Å². The molecule has 2 heterocycles. The Morgan fingerprint density at radius 1 is 1.50 bits per heavy atom. The Kier molecular flexibility index (Phi) is 3.15. The van der Waals surface area contributed by atoms with Crippen molar-refractivity contribution in [2.45, 2.75) is 26.2 Å². The first-order valence-electron chi connectivity index (χ1n) is 6.08. The van der Waals surface area contributed by atoms with Gasteiger partial charge >= 0.3 is 6.03 Å². The zero-order valence-electron chi connectivity index (χ0n) is 11.1. The van der Waals surface area contributed by atoms with Gasteiger partial charge in [-0.05, 0) is 0 Å². The summed E-state index contributed by atoms with van der Waals surface area (Å²) in [6.07, 6.45) is 1.73. The first kappa shape index (κ1) is 12.7. The van der Waals surface area contributed by atoms with Gasteiger partial charge < -0.3 is 9.42 Å². The van der Waals surface area contributed by atoms with Gasteiger partial charge in [0.15, 0.2) is 5.82 Å². The number of aromatic nitrogens is 1. The molecule has 2 amide bonds. The number of hydrogen-bond donors (Lipinski definition) is 0. The molecule has 5 nitrogen and oxygen atoms in total. The van der Waals surface area contributed by atoms with Gasteiger partial charge in [-0.2, -0.15) is 0 Å². The molecule has 1 aromatic rings. The Hall–Kier alpha value is -1.78. The lowest BCUT2D eigenvalue weighted by Crippen LogP contribution is -2.32. The highest BCUT2D eigenvalue weighted by Gasteiger charge is 2.31. The third-order valence-corrected chi connectivity index (χ3v) is 2.96. The lowest BCUT2D eigenvalue weighted by atomic mass is 9.93. The summed E-state index contributed by atoms with van der Waals surface area (Å²) in [5.74, 6) is 1.38. The number of carbonyl (C=O) groups is 1. The van der Waals surface area contributed by atoms with Crippen molar-refractivity contribution in [1.82, 2.24) is 10.1 Å². The highest BCUT2D eigenvalue weighted by atomic mass is 16.5. The molecule has 5 heteroatoms. The molecule has 0 aromatic carbocycles. The summed E-state index contributed by atoms with van der Waals surface area (Å²) in [4.78, 5) is 15.5. The number of anilines is 1. The molecular formula is C13H19N3O2. The van der Waals surface area contributed by atoms with E-state index in [2.05, 4.69) is 11.7 Å². The third-order valence-electron chi connectivity index (χ3n) is 2.96. The molecule has 1 fully saturated rings. The van der Waals surface area contributed by atoms with Crippen LogP contribution < -0.4 is 4.90 Å². The van der Waals surface area contributed by atoms with Gasteiger partial charge in [0.05, 0.1) is 0 Å². The van der Waals surface area contributed by atoms with Crippen LogP contribution in [0.1, 0.15) is 26.5 Å². The number of nitrogens with zero attached hydrogens (tertiary/aromatic N) is 3. The van der Waals surface area contributed by atoms with Gasteiger partial charge in [-0.15, -0.1) is 6.58 Å². The zero-order chi connectivity index (χ0) is 13.3. The molecule has 1 aromatic heterocycles. The number of rotatable bonds is 3. The van der Waals surface area contributed by atoms with Crippen molar-refractivity contribution in [3.8, 4) is 0 Å². The Bertz CT molecular complexity index is 459. The molecule has 0 atom stereocenters. The fourth-order valence-electron chi connectivity index (χ4n) is 1.87. The molecule has 0 saturated carbocycles. The maximum absolute atomic E-state index is 12.1. The van der Waals surface area contributed by atoms with Crippen LogP contribution in [0, 0.1) is 0 Å². The van der Waals surface area contributed by atoms with Crippen LogP contribution in [0.4, 0.5) is 10.6 Å². The first-order chi connectivity index (χ1) is 8.43. The molecule has 98 valence electrons. The summed E-state index contributed by atoms with van der Waals surface area (Å²) in [6, 6.07) is 1.80. The van der Waals surface area contributed by atoms with Crippen LogP contribution in [-0.4, -0.2) is 35.7 Å². The van der Waals surface area contributed by atoms with E-state index in [1.807, 2.05) is 26.8 Å². The maximum Gasteiger partial charge on any atom is 0.326 e. The smallest absolute Gasteiger partial charge is 0.326 e. The maximum atomic E-state index is 12.1. The Balaban J connectivity index is 2.16. The molecule has 1 aliphatic rings. The molecule has 1 aliphatic heterocycles. The quantitative estimate of drug-likeness (QED) is 0.773. The zero-order valence-corrected chi connectivity index (χ0v) is 11.1. The normalized spacial score (nSPS) is 16.5. The number of amides is 2. The molecule has 0 bridgehead atoms. The van der Waals surface area contributed by atoms with Gasteiger partial charge in [-0.3, -0.25) is 4.90 Å². The van der Waals surface area contributed by atoms with Crippen molar-refractivity contribution in [3.05, 3.63) is 24.5 Å².